The van der Waals surface area contributed by atoms with E-state index in [0.717, 1.165) is 11.3 Å². The third-order valence-corrected chi connectivity index (χ3v) is 4.06. The molecule has 0 radical (unpaired) electrons. The molecule has 0 saturated heterocycles. The summed E-state index contributed by atoms with van der Waals surface area (Å²) >= 11 is 0.977. The van der Waals surface area contributed by atoms with Gasteiger partial charge in [-0.1, -0.05) is 6.92 Å². The molecule has 0 aliphatic carbocycles. The number of nitrogens with zero attached hydrogens (tertiary/aromatic N) is 1. The number of thiazole rings is 1. The van der Waals surface area contributed by atoms with E-state index in [1.54, 1.807) is 13.8 Å². The molecule has 0 fully saturated rings. The van der Waals surface area contributed by atoms with Gasteiger partial charge < -0.3 is 10.5 Å². The monoisotopic (exact) mass is 282 g/mol. The van der Waals surface area contributed by atoms with Crippen LogP contribution in [0.1, 0.15) is 42.8 Å². The molecule has 0 amide bonds. The van der Waals surface area contributed by atoms with Gasteiger partial charge in [0.25, 0.3) is 0 Å². The first-order valence-corrected chi connectivity index (χ1v) is 6.51. The Morgan fingerprint density at radius 2 is 1.94 bits per heavy atom. The molecule has 1 atom stereocenters. The molecule has 104 valence electrons. The van der Waals surface area contributed by atoms with Crippen LogP contribution in [-0.4, -0.2) is 11.6 Å². The summed E-state index contributed by atoms with van der Waals surface area (Å²) < 4.78 is 43.9. The summed E-state index contributed by atoms with van der Waals surface area (Å²) in [5, 5.41) is 0.333. The lowest BCUT2D eigenvalue weighted by Gasteiger charge is -2.25. The summed E-state index contributed by atoms with van der Waals surface area (Å²) in [6.07, 6.45) is -3.92. The normalized spacial score (nSPS) is 15.7. The minimum absolute atomic E-state index is 0.0527. The molecule has 1 rings (SSSR count). The van der Waals surface area contributed by atoms with Crippen LogP contribution in [0.4, 0.5) is 13.2 Å². The quantitative estimate of drug-likeness (QED) is 0.901. The lowest BCUT2D eigenvalue weighted by atomic mass is 10.0. The molecule has 18 heavy (non-hydrogen) atoms. The second-order valence-corrected chi connectivity index (χ2v) is 5.09. The summed E-state index contributed by atoms with van der Waals surface area (Å²) in [6, 6.07) is 0. The van der Waals surface area contributed by atoms with Gasteiger partial charge in [0.1, 0.15) is 10.6 Å². The number of rotatable bonds is 5. The van der Waals surface area contributed by atoms with E-state index < -0.39 is 17.5 Å². The van der Waals surface area contributed by atoms with Crippen molar-refractivity contribution in [2.45, 2.75) is 45.5 Å². The third-order valence-electron chi connectivity index (χ3n) is 2.74. The highest BCUT2D eigenvalue weighted by atomic mass is 32.1. The molecule has 0 spiro atoms. The second kappa shape index (κ2) is 5.54. The zero-order valence-corrected chi connectivity index (χ0v) is 11.4. The van der Waals surface area contributed by atoms with Crippen molar-refractivity contribution in [1.82, 2.24) is 4.98 Å². The van der Waals surface area contributed by atoms with Crippen LogP contribution in [0.15, 0.2) is 0 Å². The minimum Gasteiger partial charge on any atom is -0.368 e. The van der Waals surface area contributed by atoms with Crippen LogP contribution in [-0.2, 0) is 23.1 Å². The van der Waals surface area contributed by atoms with Crippen molar-refractivity contribution in [1.29, 1.82) is 0 Å². The van der Waals surface area contributed by atoms with Gasteiger partial charge in [0.15, 0.2) is 5.69 Å². The molecule has 0 bridgehead atoms. The van der Waals surface area contributed by atoms with E-state index in [4.69, 9.17) is 10.5 Å². The summed E-state index contributed by atoms with van der Waals surface area (Å²) in [6.45, 7) is 5.65. The van der Waals surface area contributed by atoms with Gasteiger partial charge in [-0.2, -0.15) is 13.2 Å². The molecule has 0 aromatic carbocycles. The summed E-state index contributed by atoms with van der Waals surface area (Å²) in [4.78, 5) is 3.76. The van der Waals surface area contributed by atoms with Crippen LogP contribution >= 0.6 is 11.3 Å². The van der Waals surface area contributed by atoms with E-state index in [2.05, 4.69) is 4.98 Å². The zero-order chi connectivity index (χ0) is 14.0. The maximum Gasteiger partial charge on any atom is 0.434 e. The van der Waals surface area contributed by atoms with Gasteiger partial charge in [0, 0.05) is 13.2 Å². The van der Waals surface area contributed by atoms with Crippen LogP contribution in [0.25, 0.3) is 0 Å². The minimum atomic E-state index is -4.47. The zero-order valence-electron chi connectivity index (χ0n) is 10.6. The molecule has 0 saturated carbocycles. The Labute approximate surface area is 108 Å². The van der Waals surface area contributed by atoms with Crippen molar-refractivity contribution >= 4 is 11.3 Å². The van der Waals surface area contributed by atoms with Gasteiger partial charge in [-0.3, -0.25) is 0 Å². The highest BCUT2D eigenvalue weighted by Gasteiger charge is 2.40. The van der Waals surface area contributed by atoms with Gasteiger partial charge in [-0.25, -0.2) is 4.98 Å². The molecule has 0 aliphatic rings. The largest absolute Gasteiger partial charge is 0.434 e. The molecule has 7 heteroatoms. The maximum atomic E-state index is 12.8. The van der Waals surface area contributed by atoms with Gasteiger partial charge in [0.05, 0.1) is 4.88 Å². The molecular formula is C11H17F3N2OS. The number of hydrogen-bond donors (Lipinski definition) is 1. The Hall–Kier alpha value is -0.660. The lowest BCUT2D eigenvalue weighted by molar-refractivity contribution is -0.141. The number of aromatic nitrogens is 1. The number of nitrogens with two attached hydrogens (primary N) is 1. The molecule has 1 aromatic heterocycles. The van der Waals surface area contributed by atoms with Crippen LogP contribution in [0.3, 0.4) is 0 Å². The van der Waals surface area contributed by atoms with Gasteiger partial charge in [0.2, 0.25) is 0 Å². The molecule has 0 aliphatic heterocycles. The van der Waals surface area contributed by atoms with E-state index in [0.29, 0.717) is 18.0 Å². The predicted octanol–water partition coefficient (Wildman–Crippen LogP) is 3.28. The summed E-state index contributed by atoms with van der Waals surface area (Å²) in [5.74, 6) is 0. The Bertz CT molecular complexity index is 405. The molecule has 1 unspecified atom stereocenters. The molecular weight excluding hydrogens is 265 g/mol. The maximum absolute atomic E-state index is 12.8. The van der Waals surface area contributed by atoms with Crippen molar-refractivity contribution in [3.63, 3.8) is 0 Å². The molecule has 3 nitrogen and oxygen atoms in total. The van der Waals surface area contributed by atoms with Crippen LogP contribution < -0.4 is 5.73 Å². The molecule has 1 aromatic rings. The number of halogens is 3. The molecule has 1 heterocycles. The van der Waals surface area contributed by atoms with Crippen LogP contribution in [0, 0.1) is 0 Å². The highest BCUT2D eigenvalue weighted by Crippen LogP contribution is 2.39. The third kappa shape index (κ3) is 3.02. The van der Waals surface area contributed by atoms with E-state index in [-0.39, 0.29) is 11.4 Å². The summed E-state index contributed by atoms with van der Waals surface area (Å²) in [7, 11) is 0. The van der Waals surface area contributed by atoms with Gasteiger partial charge in [-0.15, -0.1) is 11.3 Å². The predicted molar refractivity (Wildman–Crippen MR) is 64.3 cm³/mol. The standard InChI is InChI=1S/C11H17F3N2OS/c1-4-10(3,17-5-2)9-16-8(11(12,13)14)7(6-15)18-9/h4-6,15H2,1-3H3. The average molecular weight is 282 g/mol. The second-order valence-electron chi connectivity index (χ2n) is 4.01. The van der Waals surface area contributed by atoms with Gasteiger partial charge in [-0.05, 0) is 20.3 Å². The summed E-state index contributed by atoms with van der Waals surface area (Å²) in [5.41, 5.74) is 3.68. The Kier molecular flexibility index (Phi) is 4.74. The smallest absolute Gasteiger partial charge is 0.368 e. The molecule has 2 N–H and O–H groups in total. The van der Waals surface area contributed by atoms with E-state index in [9.17, 15) is 13.2 Å². The van der Waals surface area contributed by atoms with Crippen molar-refractivity contribution < 1.29 is 17.9 Å². The number of ether oxygens (including phenoxy) is 1. The van der Waals surface area contributed by atoms with Crippen molar-refractivity contribution in [3.8, 4) is 0 Å². The Morgan fingerprint density at radius 3 is 2.28 bits per heavy atom. The fourth-order valence-corrected chi connectivity index (χ4v) is 2.70. The van der Waals surface area contributed by atoms with Crippen molar-refractivity contribution in [2.24, 2.45) is 5.73 Å². The van der Waals surface area contributed by atoms with Crippen molar-refractivity contribution in [2.75, 3.05) is 6.61 Å². The van der Waals surface area contributed by atoms with Crippen molar-refractivity contribution in [3.05, 3.63) is 15.6 Å². The fourth-order valence-electron chi connectivity index (χ4n) is 1.57. The Balaban J connectivity index is 3.23. The van der Waals surface area contributed by atoms with E-state index in [1.807, 2.05) is 6.92 Å². The van der Waals surface area contributed by atoms with E-state index in [1.165, 1.54) is 0 Å². The first-order chi connectivity index (χ1) is 8.28. The highest BCUT2D eigenvalue weighted by molar-refractivity contribution is 7.11. The van der Waals surface area contributed by atoms with Gasteiger partial charge >= 0.3 is 6.18 Å². The first-order valence-electron chi connectivity index (χ1n) is 5.69. The number of hydrogen-bond acceptors (Lipinski definition) is 4. The topological polar surface area (TPSA) is 48.1 Å². The van der Waals surface area contributed by atoms with E-state index >= 15 is 0 Å². The number of alkyl halides is 3. The van der Waals surface area contributed by atoms with Crippen LogP contribution in [0.2, 0.25) is 0 Å². The first kappa shape index (κ1) is 15.4. The lowest BCUT2D eigenvalue weighted by Crippen LogP contribution is -2.25. The Morgan fingerprint density at radius 1 is 1.33 bits per heavy atom. The fraction of sp³-hybridized carbons (Fsp3) is 0.727. The average Bonchev–Trinajstić information content (AvgIpc) is 2.73. The van der Waals surface area contributed by atoms with Crippen LogP contribution in [0.5, 0.6) is 0 Å². The SMILES string of the molecule is CCOC(C)(CC)c1nc(C(F)(F)F)c(CN)s1.